The summed E-state index contributed by atoms with van der Waals surface area (Å²) in [5.74, 6) is 0.274. The topological polar surface area (TPSA) is 78.4 Å². The smallest absolute Gasteiger partial charge is 0.230 e. The highest BCUT2D eigenvalue weighted by Gasteiger charge is 2.26. The molecule has 6 nitrogen and oxygen atoms in total. The van der Waals surface area contributed by atoms with Crippen molar-refractivity contribution in [2.24, 2.45) is 5.92 Å². The van der Waals surface area contributed by atoms with Crippen LogP contribution in [0, 0.1) is 19.8 Å². The molecule has 0 bridgehead atoms. The number of nitrogens with zero attached hydrogens (tertiary/aromatic N) is 3. The Bertz CT molecular complexity index is 718. The average Bonchev–Trinajstić information content (AvgIpc) is 3.06. The highest BCUT2D eigenvalue weighted by molar-refractivity contribution is 7.13. The number of carbonyl (C=O) groups is 1. The van der Waals surface area contributed by atoms with E-state index in [2.05, 4.69) is 20.4 Å². The predicted octanol–water partition coefficient (Wildman–Crippen LogP) is 2.71. The zero-order chi connectivity index (χ0) is 17.1. The number of aromatic hydroxyl groups is 1. The summed E-state index contributed by atoms with van der Waals surface area (Å²) < 4.78 is 0. The molecule has 1 aromatic carbocycles. The summed E-state index contributed by atoms with van der Waals surface area (Å²) >= 11 is 1.32. The Morgan fingerprint density at radius 1 is 1.42 bits per heavy atom. The van der Waals surface area contributed by atoms with Crippen LogP contribution in [0.1, 0.15) is 29.5 Å². The van der Waals surface area contributed by atoms with Gasteiger partial charge in [-0.2, -0.15) is 0 Å². The van der Waals surface area contributed by atoms with E-state index < -0.39 is 0 Å². The number of likely N-dealkylation sites (tertiary alicyclic amines) is 1. The van der Waals surface area contributed by atoms with Gasteiger partial charge < -0.3 is 10.4 Å². The molecule has 1 fully saturated rings. The minimum absolute atomic E-state index is 0.000702. The molecule has 2 heterocycles. The number of phenolic OH excluding ortho intramolecular Hbond substituents is 1. The molecule has 1 amide bonds. The molecule has 7 heteroatoms. The number of hydrogen-bond acceptors (Lipinski definition) is 6. The molecule has 0 spiro atoms. The van der Waals surface area contributed by atoms with Gasteiger partial charge in [0.1, 0.15) is 11.3 Å². The monoisotopic (exact) mass is 346 g/mol. The summed E-state index contributed by atoms with van der Waals surface area (Å²) in [6.45, 7) is 6.34. The molecule has 0 saturated carbocycles. The van der Waals surface area contributed by atoms with E-state index in [1.54, 1.807) is 5.51 Å². The van der Waals surface area contributed by atoms with Crippen molar-refractivity contribution in [1.29, 1.82) is 0 Å². The van der Waals surface area contributed by atoms with E-state index in [1.807, 2.05) is 26.0 Å². The van der Waals surface area contributed by atoms with E-state index in [9.17, 15) is 9.90 Å². The van der Waals surface area contributed by atoms with Gasteiger partial charge in [-0.3, -0.25) is 9.69 Å². The standard InChI is InChI=1S/C17H22N4O2S/c1-11-6-14(15(22)7-12(11)2)9-21-5-3-4-13(8-21)16(23)19-17-20-18-10-24-17/h6-7,10,13,22H,3-5,8-9H2,1-2H3,(H,19,20,23). The Balaban J connectivity index is 1.63. The number of amides is 1. The van der Waals surface area contributed by atoms with E-state index in [0.717, 1.165) is 30.5 Å². The number of benzene rings is 1. The van der Waals surface area contributed by atoms with Gasteiger partial charge in [0.05, 0.1) is 5.92 Å². The van der Waals surface area contributed by atoms with Crippen molar-refractivity contribution in [1.82, 2.24) is 15.1 Å². The number of piperidine rings is 1. The fraction of sp³-hybridized carbons (Fsp3) is 0.471. The molecule has 1 aliphatic rings. The molecule has 24 heavy (non-hydrogen) atoms. The lowest BCUT2D eigenvalue weighted by molar-refractivity contribution is -0.121. The third-order valence-electron chi connectivity index (χ3n) is 4.56. The summed E-state index contributed by atoms with van der Waals surface area (Å²) in [6.07, 6.45) is 1.85. The Kier molecular flexibility index (Phi) is 5.11. The number of aryl methyl sites for hydroxylation is 2. The zero-order valence-electron chi connectivity index (χ0n) is 14.0. The maximum atomic E-state index is 12.4. The van der Waals surface area contributed by atoms with Crippen LogP contribution in [0.5, 0.6) is 5.75 Å². The number of anilines is 1. The second-order valence-electron chi connectivity index (χ2n) is 6.37. The van der Waals surface area contributed by atoms with Gasteiger partial charge in [-0.1, -0.05) is 17.4 Å². The van der Waals surface area contributed by atoms with Crippen LogP contribution in [-0.4, -0.2) is 39.2 Å². The van der Waals surface area contributed by atoms with Crippen LogP contribution in [0.3, 0.4) is 0 Å². The maximum absolute atomic E-state index is 12.4. The van der Waals surface area contributed by atoms with Gasteiger partial charge in [-0.15, -0.1) is 10.2 Å². The predicted molar refractivity (Wildman–Crippen MR) is 94.1 cm³/mol. The zero-order valence-corrected chi connectivity index (χ0v) is 14.8. The van der Waals surface area contributed by atoms with Crippen molar-refractivity contribution in [3.05, 3.63) is 34.3 Å². The molecule has 128 valence electrons. The van der Waals surface area contributed by atoms with Crippen LogP contribution in [0.2, 0.25) is 0 Å². The van der Waals surface area contributed by atoms with Crippen molar-refractivity contribution in [3.8, 4) is 5.75 Å². The first kappa shape index (κ1) is 16.9. The first-order chi connectivity index (χ1) is 11.5. The molecular formula is C17H22N4O2S. The summed E-state index contributed by atoms with van der Waals surface area (Å²) in [6, 6.07) is 3.85. The third kappa shape index (κ3) is 3.91. The molecule has 1 atom stereocenters. The van der Waals surface area contributed by atoms with Crippen LogP contribution >= 0.6 is 11.3 Å². The van der Waals surface area contributed by atoms with Crippen LogP contribution < -0.4 is 5.32 Å². The van der Waals surface area contributed by atoms with E-state index >= 15 is 0 Å². The molecule has 1 aliphatic heterocycles. The average molecular weight is 346 g/mol. The van der Waals surface area contributed by atoms with Crippen LogP contribution in [-0.2, 0) is 11.3 Å². The fourth-order valence-electron chi connectivity index (χ4n) is 3.08. The van der Waals surface area contributed by atoms with Gasteiger partial charge in [-0.05, 0) is 50.4 Å². The Labute approximate surface area is 145 Å². The van der Waals surface area contributed by atoms with E-state index in [-0.39, 0.29) is 11.8 Å². The summed E-state index contributed by atoms with van der Waals surface area (Å²) in [5.41, 5.74) is 4.78. The van der Waals surface area contributed by atoms with E-state index in [4.69, 9.17) is 0 Å². The van der Waals surface area contributed by atoms with Crippen molar-refractivity contribution in [2.45, 2.75) is 33.2 Å². The largest absolute Gasteiger partial charge is 0.508 e. The normalized spacial score (nSPS) is 18.5. The molecule has 3 rings (SSSR count). The first-order valence-corrected chi connectivity index (χ1v) is 8.99. The molecule has 0 aliphatic carbocycles. The lowest BCUT2D eigenvalue weighted by atomic mass is 9.96. The number of phenols is 1. The summed E-state index contributed by atoms with van der Waals surface area (Å²) in [5, 5.41) is 21.1. The quantitative estimate of drug-likeness (QED) is 0.890. The Morgan fingerprint density at radius 3 is 2.96 bits per heavy atom. The van der Waals surface area contributed by atoms with Crippen molar-refractivity contribution in [2.75, 3.05) is 18.4 Å². The minimum atomic E-state index is -0.0589. The number of hydrogen-bond donors (Lipinski definition) is 2. The van der Waals surface area contributed by atoms with Crippen LogP contribution in [0.4, 0.5) is 5.13 Å². The molecular weight excluding hydrogens is 324 g/mol. The Morgan fingerprint density at radius 2 is 2.21 bits per heavy atom. The minimum Gasteiger partial charge on any atom is -0.508 e. The highest BCUT2D eigenvalue weighted by atomic mass is 32.1. The molecule has 2 N–H and O–H groups in total. The van der Waals surface area contributed by atoms with Crippen LogP contribution in [0.25, 0.3) is 0 Å². The Hall–Kier alpha value is -1.99. The maximum Gasteiger partial charge on any atom is 0.230 e. The number of aromatic nitrogens is 2. The van der Waals surface area contributed by atoms with Gasteiger partial charge in [0.15, 0.2) is 0 Å². The lowest BCUT2D eigenvalue weighted by Crippen LogP contribution is -2.40. The number of nitrogens with one attached hydrogen (secondary N) is 1. The van der Waals surface area contributed by atoms with Crippen molar-refractivity contribution >= 4 is 22.4 Å². The van der Waals surface area contributed by atoms with E-state index in [1.165, 1.54) is 16.9 Å². The summed E-state index contributed by atoms with van der Waals surface area (Å²) in [4.78, 5) is 14.6. The van der Waals surface area contributed by atoms with Gasteiger partial charge in [0.2, 0.25) is 11.0 Å². The molecule has 1 aromatic heterocycles. The SMILES string of the molecule is Cc1cc(O)c(CN2CCCC(C(=O)Nc3nncs3)C2)cc1C. The van der Waals surface area contributed by atoms with E-state index in [0.29, 0.717) is 24.0 Å². The van der Waals surface area contributed by atoms with Gasteiger partial charge in [0, 0.05) is 18.7 Å². The second kappa shape index (κ2) is 7.27. The lowest BCUT2D eigenvalue weighted by Gasteiger charge is -2.32. The highest BCUT2D eigenvalue weighted by Crippen LogP contribution is 2.26. The van der Waals surface area contributed by atoms with Crippen LogP contribution in [0.15, 0.2) is 17.6 Å². The third-order valence-corrected chi connectivity index (χ3v) is 5.16. The second-order valence-corrected chi connectivity index (χ2v) is 7.21. The number of rotatable bonds is 4. The van der Waals surface area contributed by atoms with Gasteiger partial charge >= 0.3 is 0 Å². The molecule has 0 radical (unpaired) electrons. The number of carbonyl (C=O) groups excluding carboxylic acids is 1. The fourth-order valence-corrected chi connectivity index (χ4v) is 3.52. The summed E-state index contributed by atoms with van der Waals surface area (Å²) in [7, 11) is 0. The van der Waals surface area contributed by atoms with Crippen molar-refractivity contribution < 1.29 is 9.90 Å². The molecule has 2 aromatic rings. The molecule has 1 saturated heterocycles. The first-order valence-electron chi connectivity index (χ1n) is 8.11. The molecule has 1 unspecified atom stereocenters. The van der Waals surface area contributed by atoms with Crippen molar-refractivity contribution in [3.63, 3.8) is 0 Å². The van der Waals surface area contributed by atoms with Gasteiger partial charge in [-0.25, -0.2) is 0 Å². The van der Waals surface area contributed by atoms with Gasteiger partial charge in [0.25, 0.3) is 0 Å².